The molecule has 0 aromatic heterocycles. The highest BCUT2D eigenvalue weighted by Gasteiger charge is 2.38. The van der Waals surface area contributed by atoms with Crippen molar-refractivity contribution in [1.29, 1.82) is 0 Å². The number of nitrogens with zero attached hydrogens (tertiary/aromatic N) is 1. The van der Waals surface area contributed by atoms with Crippen molar-refractivity contribution in [2.45, 2.75) is 58.0 Å². The second-order valence-electron chi connectivity index (χ2n) is 6.51. The minimum atomic E-state index is -0.397. The Labute approximate surface area is 110 Å². The van der Waals surface area contributed by atoms with Crippen LogP contribution in [0.5, 0.6) is 0 Å². The van der Waals surface area contributed by atoms with E-state index >= 15 is 0 Å². The first-order chi connectivity index (χ1) is 8.15. The van der Waals surface area contributed by atoms with E-state index in [1.54, 1.807) is 0 Å². The van der Waals surface area contributed by atoms with Crippen LogP contribution in [0, 0.1) is 18.3 Å². The van der Waals surface area contributed by atoms with Gasteiger partial charge in [-0.05, 0) is 46.5 Å². The molecule has 0 atom stereocenters. The molecule has 18 heavy (non-hydrogen) atoms. The zero-order chi connectivity index (χ0) is 14.0. The second kappa shape index (κ2) is 5.29. The van der Waals surface area contributed by atoms with Crippen molar-refractivity contribution < 1.29 is 10.0 Å². The summed E-state index contributed by atoms with van der Waals surface area (Å²) in [5, 5.41) is 15.3. The Kier molecular flexibility index (Phi) is 4.41. The summed E-state index contributed by atoms with van der Waals surface area (Å²) in [6.45, 7) is 8.35. The number of carbonyl (C=O) groups is 1. The third-order valence-electron chi connectivity index (χ3n) is 3.25. The first-order valence-corrected chi connectivity index (χ1v) is 6.35. The average molecular weight is 251 g/mol. The molecule has 1 amide bonds. The van der Waals surface area contributed by atoms with Crippen LogP contribution in [0.2, 0.25) is 0 Å². The lowest BCUT2D eigenvalue weighted by molar-refractivity contribution is -0.184. The van der Waals surface area contributed by atoms with Crippen LogP contribution in [0.15, 0.2) is 0 Å². The van der Waals surface area contributed by atoms with Crippen LogP contribution >= 0.6 is 0 Å². The van der Waals surface area contributed by atoms with Crippen molar-refractivity contribution in [1.82, 2.24) is 10.4 Å². The summed E-state index contributed by atoms with van der Waals surface area (Å²) in [6, 6.07) is 0. The largest absolute Gasteiger partial charge is 0.307 e. The molecule has 0 bridgehead atoms. The lowest BCUT2D eigenvalue weighted by Crippen LogP contribution is -2.58. The van der Waals surface area contributed by atoms with Gasteiger partial charge in [-0.3, -0.25) is 4.79 Å². The molecule has 1 rings (SSSR count). The van der Waals surface area contributed by atoms with Gasteiger partial charge in [-0.15, -0.1) is 6.42 Å². The van der Waals surface area contributed by atoms with E-state index in [0.717, 1.165) is 12.8 Å². The van der Waals surface area contributed by atoms with Crippen LogP contribution < -0.4 is 5.32 Å². The molecule has 1 radical (unpaired) electrons. The Hall–Kier alpha value is -1.05. The Morgan fingerprint density at radius 1 is 1.33 bits per heavy atom. The molecule has 1 saturated heterocycles. The number of terminal acetylenes is 1. The minimum absolute atomic E-state index is 0.00741. The SMILES string of the molecule is C#CCN([O])C(=O)CC1CC(C)(C)NC(C)(C)C1. The maximum atomic E-state index is 11.7. The van der Waals surface area contributed by atoms with E-state index in [0.29, 0.717) is 11.5 Å². The second-order valence-corrected chi connectivity index (χ2v) is 6.51. The van der Waals surface area contributed by atoms with Crippen LogP contribution in [0.25, 0.3) is 0 Å². The molecule has 1 heterocycles. The number of piperidine rings is 1. The van der Waals surface area contributed by atoms with Gasteiger partial charge in [0.25, 0.3) is 0 Å². The van der Waals surface area contributed by atoms with Crippen LogP contribution in [-0.4, -0.2) is 28.6 Å². The van der Waals surface area contributed by atoms with E-state index in [9.17, 15) is 10.0 Å². The standard InChI is InChI=1S/C14H23N2O2/c1-6-7-16(18)12(17)8-11-9-13(2,3)15-14(4,5)10-11/h1,11,15H,7-10H2,2-5H3. The van der Waals surface area contributed by atoms with E-state index in [1.807, 2.05) is 0 Å². The average Bonchev–Trinajstić information content (AvgIpc) is 2.12. The Balaban J connectivity index is 2.62. The number of nitrogens with one attached hydrogen (secondary N) is 1. The topological polar surface area (TPSA) is 52.2 Å². The van der Waals surface area contributed by atoms with Gasteiger partial charge in [0.15, 0.2) is 0 Å². The number of hydrogen-bond acceptors (Lipinski definition) is 2. The maximum Gasteiger partial charge on any atom is 0.249 e. The third-order valence-corrected chi connectivity index (χ3v) is 3.25. The van der Waals surface area contributed by atoms with Crippen molar-refractivity contribution in [3.05, 3.63) is 0 Å². The number of amides is 1. The molecule has 0 saturated carbocycles. The highest BCUT2D eigenvalue weighted by atomic mass is 16.5. The van der Waals surface area contributed by atoms with Crippen LogP contribution in [0.3, 0.4) is 0 Å². The van der Waals surface area contributed by atoms with Crippen LogP contribution in [0.1, 0.15) is 47.0 Å². The molecule has 0 aromatic rings. The van der Waals surface area contributed by atoms with E-state index in [1.165, 1.54) is 0 Å². The van der Waals surface area contributed by atoms with Gasteiger partial charge in [0, 0.05) is 17.5 Å². The van der Waals surface area contributed by atoms with Crippen molar-refractivity contribution in [3.8, 4) is 12.3 Å². The molecule has 1 fully saturated rings. The highest BCUT2D eigenvalue weighted by Crippen LogP contribution is 2.34. The smallest absolute Gasteiger partial charge is 0.249 e. The summed E-state index contributed by atoms with van der Waals surface area (Å²) in [5.41, 5.74) is -0.0148. The molecule has 0 aliphatic carbocycles. The fourth-order valence-electron chi connectivity index (χ4n) is 3.20. The maximum absolute atomic E-state index is 11.7. The Bertz CT molecular complexity index is 339. The van der Waals surface area contributed by atoms with Gasteiger partial charge < -0.3 is 5.32 Å². The van der Waals surface area contributed by atoms with Gasteiger partial charge in [-0.1, -0.05) is 11.1 Å². The van der Waals surface area contributed by atoms with Crippen molar-refractivity contribution >= 4 is 5.91 Å². The lowest BCUT2D eigenvalue weighted by atomic mass is 9.74. The first kappa shape index (κ1) is 15.0. The Morgan fingerprint density at radius 2 is 1.83 bits per heavy atom. The Morgan fingerprint density at radius 3 is 2.28 bits per heavy atom. The molecule has 101 valence electrons. The molecule has 1 aliphatic heterocycles. The lowest BCUT2D eigenvalue weighted by Gasteiger charge is -2.46. The zero-order valence-corrected chi connectivity index (χ0v) is 11.7. The van der Waals surface area contributed by atoms with Gasteiger partial charge >= 0.3 is 0 Å². The molecule has 4 nitrogen and oxygen atoms in total. The monoisotopic (exact) mass is 251 g/mol. The summed E-state index contributed by atoms with van der Waals surface area (Å²) in [4.78, 5) is 11.7. The van der Waals surface area contributed by atoms with Gasteiger partial charge in [-0.25, -0.2) is 0 Å². The normalized spacial score (nSPS) is 22.2. The molecule has 0 spiro atoms. The van der Waals surface area contributed by atoms with E-state index in [2.05, 4.69) is 38.9 Å². The van der Waals surface area contributed by atoms with Crippen LogP contribution in [0.4, 0.5) is 0 Å². The molecule has 1 N–H and O–H groups in total. The number of hydrogen-bond donors (Lipinski definition) is 1. The summed E-state index contributed by atoms with van der Waals surface area (Å²) in [5.74, 6) is 2.04. The first-order valence-electron chi connectivity index (χ1n) is 6.35. The van der Waals surface area contributed by atoms with Gasteiger partial charge in [-0.2, -0.15) is 5.06 Å². The van der Waals surface area contributed by atoms with Crippen molar-refractivity contribution in [2.75, 3.05) is 6.54 Å². The van der Waals surface area contributed by atoms with Crippen molar-refractivity contribution in [2.24, 2.45) is 5.92 Å². The third kappa shape index (κ3) is 4.32. The minimum Gasteiger partial charge on any atom is -0.307 e. The van der Waals surface area contributed by atoms with Gasteiger partial charge in [0.1, 0.15) is 6.54 Å². The molecular formula is C14H23N2O2. The number of carbonyl (C=O) groups excluding carboxylic acids is 1. The molecule has 4 heteroatoms. The summed E-state index contributed by atoms with van der Waals surface area (Å²) in [7, 11) is 0. The van der Waals surface area contributed by atoms with E-state index < -0.39 is 5.91 Å². The molecular weight excluding hydrogens is 228 g/mol. The van der Waals surface area contributed by atoms with E-state index in [4.69, 9.17) is 6.42 Å². The fourth-order valence-corrected chi connectivity index (χ4v) is 3.20. The molecule has 0 unspecified atom stereocenters. The van der Waals surface area contributed by atoms with E-state index in [-0.39, 0.29) is 23.5 Å². The van der Waals surface area contributed by atoms with Crippen molar-refractivity contribution in [3.63, 3.8) is 0 Å². The van der Waals surface area contributed by atoms with Crippen LogP contribution in [-0.2, 0) is 10.0 Å². The zero-order valence-electron chi connectivity index (χ0n) is 11.7. The summed E-state index contributed by atoms with van der Waals surface area (Å²) < 4.78 is 0. The summed E-state index contributed by atoms with van der Waals surface area (Å²) >= 11 is 0. The van der Waals surface area contributed by atoms with Gasteiger partial charge in [0.05, 0.1) is 0 Å². The molecule has 1 aliphatic rings. The highest BCUT2D eigenvalue weighted by molar-refractivity contribution is 5.75. The van der Waals surface area contributed by atoms with Gasteiger partial charge in [0.2, 0.25) is 5.91 Å². The summed E-state index contributed by atoms with van der Waals surface area (Å²) in [6.07, 6.45) is 7.11. The predicted octanol–water partition coefficient (Wildman–Crippen LogP) is 1.74. The number of hydroxylamine groups is 2. The molecule has 0 aromatic carbocycles. The predicted molar refractivity (Wildman–Crippen MR) is 69.9 cm³/mol. The quantitative estimate of drug-likeness (QED) is 0.613. The fraction of sp³-hybridized carbons (Fsp3) is 0.786. The number of rotatable bonds is 3.